The normalized spacial score (nSPS) is 24.0. The molecule has 4 fully saturated rings. The number of likely N-dealkylation sites (tertiary alicyclic amines) is 1. The predicted octanol–water partition coefficient (Wildman–Crippen LogP) is 3.69. The fourth-order valence-electron chi connectivity index (χ4n) is 6.10. The molecule has 4 heterocycles. The van der Waals surface area contributed by atoms with Crippen molar-refractivity contribution in [3.05, 3.63) is 36.3 Å². The fraction of sp³-hybridized carbons (Fsp3) is 0.615. The van der Waals surface area contributed by atoms with Gasteiger partial charge in [-0.05, 0) is 51.2 Å². The van der Waals surface area contributed by atoms with Crippen LogP contribution in [0, 0.1) is 11.4 Å². The van der Waals surface area contributed by atoms with Gasteiger partial charge in [0.1, 0.15) is 11.6 Å². The Hall–Kier alpha value is -2.81. The molecule has 1 spiro atoms. The first-order valence-electron chi connectivity index (χ1n) is 12.9. The van der Waals surface area contributed by atoms with E-state index >= 15 is 0 Å². The molecule has 8 nitrogen and oxygen atoms in total. The number of ether oxygens (including phenoxy) is 1. The third kappa shape index (κ3) is 4.46. The molecule has 9 heteroatoms. The zero-order chi connectivity index (χ0) is 24.0. The number of pyridine rings is 1. The molecule has 0 aromatic carbocycles. The van der Waals surface area contributed by atoms with Gasteiger partial charge < -0.3 is 14.5 Å². The Morgan fingerprint density at radius 2 is 1.86 bits per heavy atom. The third-order valence-corrected chi connectivity index (χ3v) is 8.15. The SMILES string of the molecule is CCOC(=O)N1CC2(CC[C@@H](N3CCN(c4nc(F)ccc4-c4cnc(C5CC5)nc4)CC3)C2)C1. The lowest BCUT2D eigenvalue weighted by Gasteiger charge is -2.48. The molecule has 0 unspecified atom stereocenters. The van der Waals surface area contributed by atoms with Gasteiger partial charge in [-0.15, -0.1) is 0 Å². The van der Waals surface area contributed by atoms with E-state index in [0.29, 0.717) is 24.4 Å². The minimum Gasteiger partial charge on any atom is -0.450 e. The highest BCUT2D eigenvalue weighted by Gasteiger charge is 2.51. The van der Waals surface area contributed by atoms with E-state index in [9.17, 15) is 9.18 Å². The summed E-state index contributed by atoms with van der Waals surface area (Å²) in [6.45, 7) is 7.39. The molecule has 4 aliphatic rings. The minimum atomic E-state index is -0.462. The van der Waals surface area contributed by atoms with Crippen LogP contribution in [0.5, 0.6) is 0 Å². The van der Waals surface area contributed by atoms with Gasteiger partial charge >= 0.3 is 6.09 Å². The Bertz CT molecular complexity index is 1080. The number of piperazine rings is 1. The molecular weight excluding hydrogens is 447 g/mol. The number of carbonyl (C=O) groups is 1. The van der Waals surface area contributed by atoms with E-state index in [1.165, 1.54) is 31.7 Å². The maximum absolute atomic E-state index is 14.2. The first-order chi connectivity index (χ1) is 17.0. The zero-order valence-electron chi connectivity index (χ0n) is 20.3. The highest BCUT2D eigenvalue weighted by molar-refractivity contribution is 5.75. The molecule has 1 amide bonds. The Balaban J connectivity index is 1.09. The Labute approximate surface area is 205 Å². The average Bonchev–Trinajstić information content (AvgIpc) is 3.61. The largest absolute Gasteiger partial charge is 0.450 e. The van der Waals surface area contributed by atoms with Crippen LogP contribution in [-0.4, -0.2) is 82.8 Å². The van der Waals surface area contributed by atoms with Gasteiger partial charge in [-0.3, -0.25) is 4.90 Å². The summed E-state index contributed by atoms with van der Waals surface area (Å²) >= 11 is 0. The lowest BCUT2D eigenvalue weighted by Crippen LogP contribution is -2.58. The van der Waals surface area contributed by atoms with Gasteiger partial charge in [0.05, 0.1) is 6.61 Å². The van der Waals surface area contributed by atoms with Crippen molar-refractivity contribution in [1.82, 2.24) is 24.8 Å². The molecule has 2 aliphatic carbocycles. The van der Waals surface area contributed by atoms with Crippen molar-refractivity contribution in [2.45, 2.75) is 51.0 Å². The standard InChI is InChI=1S/C26H33FN6O2/c1-2-35-25(34)33-16-26(17-33)8-7-20(13-26)31-9-11-32(12-10-31)24-21(5-6-22(27)30-24)19-14-28-23(29-15-19)18-3-4-18/h5-6,14-15,18,20H,2-4,7-13,16-17H2,1H3/t20-/m1/s1. The van der Waals surface area contributed by atoms with Gasteiger partial charge in [-0.25, -0.2) is 19.7 Å². The summed E-state index contributed by atoms with van der Waals surface area (Å²) in [5.41, 5.74) is 2.03. The average molecular weight is 481 g/mol. The van der Waals surface area contributed by atoms with Gasteiger partial charge in [-0.2, -0.15) is 4.39 Å². The number of carbonyl (C=O) groups excluding carboxylic acids is 1. The molecule has 2 saturated heterocycles. The second kappa shape index (κ2) is 9.00. The van der Waals surface area contributed by atoms with E-state index in [4.69, 9.17) is 4.74 Å². The first-order valence-corrected chi connectivity index (χ1v) is 12.9. The van der Waals surface area contributed by atoms with E-state index in [0.717, 1.165) is 62.6 Å². The highest BCUT2D eigenvalue weighted by Crippen LogP contribution is 2.47. The number of rotatable bonds is 5. The van der Waals surface area contributed by atoms with Crippen LogP contribution in [0.3, 0.4) is 0 Å². The summed E-state index contributed by atoms with van der Waals surface area (Å²) < 4.78 is 19.3. The van der Waals surface area contributed by atoms with Gasteiger partial charge in [0.25, 0.3) is 0 Å². The molecule has 1 atom stereocenters. The molecular formula is C26H33FN6O2. The number of hydrogen-bond donors (Lipinski definition) is 0. The van der Waals surface area contributed by atoms with E-state index in [2.05, 4.69) is 24.8 Å². The number of halogens is 1. The summed E-state index contributed by atoms with van der Waals surface area (Å²) in [6.07, 6.45) is 9.33. The Kier molecular flexibility index (Phi) is 5.82. The lowest BCUT2D eigenvalue weighted by molar-refractivity contribution is -0.00294. The van der Waals surface area contributed by atoms with Crippen LogP contribution in [0.15, 0.2) is 24.5 Å². The van der Waals surface area contributed by atoms with Crippen molar-refractivity contribution in [1.29, 1.82) is 0 Å². The minimum absolute atomic E-state index is 0.179. The van der Waals surface area contributed by atoms with E-state index in [1.54, 1.807) is 6.07 Å². The quantitative estimate of drug-likeness (QED) is 0.604. The van der Waals surface area contributed by atoms with Crippen LogP contribution in [0.1, 0.15) is 50.8 Å². The van der Waals surface area contributed by atoms with Gasteiger partial charge in [-0.1, -0.05) is 0 Å². The molecule has 2 aliphatic heterocycles. The molecule has 0 N–H and O–H groups in total. The van der Waals surface area contributed by atoms with Crippen LogP contribution in [-0.2, 0) is 4.74 Å². The van der Waals surface area contributed by atoms with Crippen LogP contribution < -0.4 is 4.90 Å². The molecule has 0 radical (unpaired) electrons. The van der Waals surface area contributed by atoms with Crippen LogP contribution >= 0.6 is 0 Å². The Morgan fingerprint density at radius 1 is 1.11 bits per heavy atom. The highest BCUT2D eigenvalue weighted by atomic mass is 19.1. The van der Waals surface area contributed by atoms with Crippen molar-refractivity contribution in [3.8, 4) is 11.1 Å². The zero-order valence-corrected chi connectivity index (χ0v) is 20.3. The molecule has 2 aromatic rings. The summed E-state index contributed by atoms with van der Waals surface area (Å²) in [7, 11) is 0. The molecule has 2 aromatic heterocycles. The lowest BCUT2D eigenvalue weighted by atomic mass is 9.78. The number of aromatic nitrogens is 3. The van der Waals surface area contributed by atoms with Gasteiger partial charge in [0.15, 0.2) is 0 Å². The summed E-state index contributed by atoms with van der Waals surface area (Å²) in [4.78, 5) is 32.0. The maximum Gasteiger partial charge on any atom is 0.409 e. The molecule has 2 saturated carbocycles. The van der Waals surface area contributed by atoms with Crippen LogP contribution in [0.25, 0.3) is 11.1 Å². The van der Waals surface area contributed by atoms with E-state index in [1.807, 2.05) is 24.2 Å². The van der Waals surface area contributed by atoms with Crippen LogP contribution in [0.2, 0.25) is 0 Å². The van der Waals surface area contributed by atoms with Crippen molar-refractivity contribution in [3.63, 3.8) is 0 Å². The Morgan fingerprint density at radius 3 is 2.54 bits per heavy atom. The van der Waals surface area contributed by atoms with Crippen LogP contribution in [0.4, 0.5) is 15.0 Å². The number of amides is 1. The smallest absolute Gasteiger partial charge is 0.409 e. The second-order valence-electron chi connectivity index (χ2n) is 10.6. The molecule has 186 valence electrons. The van der Waals surface area contributed by atoms with Crippen molar-refractivity contribution >= 4 is 11.9 Å². The monoisotopic (exact) mass is 480 g/mol. The molecule has 35 heavy (non-hydrogen) atoms. The van der Waals surface area contributed by atoms with Crippen molar-refractivity contribution < 1.29 is 13.9 Å². The topological polar surface area (TPSA) is 74.7 Å². The van der Waals surface area contributed by atoms with E-state index < -0.39 is 5.95 Å². The number of nitrogens with zero attached hydrogens (tertiary/aromatic N) is 6. The predicted molar refractivity (Wildman–Crippen MR) is 130 cm³/mol. The number of anilines is 1. The first kappa shape index (κ1) is 22.6. The van der Waals surface area contributed by atoms with Crippen molar-refractivity contribution in [2.24, 2.45) is 5.41 Å². The fourth-order valence-corrected chi connectivity index (χ4v) is 6.10. The van der Waals surface area contributed by atoms with Crippen molar-refractivity contribution in [2.75, 3.05) is 50.8 Å². The third-order valence-electron chi connectivity index (χ3n) is 8.15. The second-order valence-corrected chi connectivity index (χ2v) is 10.6. The summed E-state index contributed by atoms with van der Waals surface area (Å²) in [6, 6.07) is 3.76. The summed E-state index contributed by atoms with van der Waals surface area (Å²) in [5, 5.41) is 0. The molecule has 6 rings (SSSR count). The van der Waals surface area contributed by atoms with Gasteiger partial charge in [0, 0.05) is 80.2 Å². The number of hydrogen-bond acceptors (Lipinski definition) is 7. The maximum atomic E-state index is 14.2. The summed E-state index contributed by atoms with van der Waals surface area (Å²) in [5.74, 6) is 1.63. The van der Waals surface area contributed by atoms with E-state index in [-0.39, 0.29) is 11.5 Å². The molecule has 0 bridgehead atoms. The van der Waals surface area contributed by atoms with Gasteiger partial charge in [0.2, 0.25) is 5.95 Å².